The summed E-state index contributed by atoms with van der Waals surface area (Å²) in [7, 11) is 0. The minimum Gasteiger partial charge on any atom is -0.423 e. The van der Waals surface area contributed by atoms with Gasteiger partial charge in [-0.15, -0.1) is 0 Å². The molecule has 0 saturated heterocycles. The summed E-state index contributed by atoms with van der Waals surface area (Å²) < 4.78 is 19.7. The lowest BCUT2D eigenvalue weighted by Crippen LogP contribution is -2.12. The van der Waals surface area contributed by atoms with Crippen molar-refractivity contribution in [2.45, 2.75) is 0 Å². The van der Waals surface area contributed by atoms with Crippen molar-refractivity contribution in [1.82, 2.24) is 0 Å². The van der Waals surface area contributed by atoms with E-state index in [1.54, 1.807) is 24.3 Å². The molecule has 244 valence electrons. The Hall–Kier alpha value is -7.20. The van der Waals surface area contributed by atoms with Gasteiger partial charge in [0.25, 0.3) is 0 Å². The summed E-state index contributed by atoms with van der Waals surface area (Å²) in [6.45, 7) is 0. The maximum Gasteiger partial charge on any atom is 0.338 e. The SMILES string of the molecule is O=C(/C=C/C(=O)OC(=O)/C=C/C(=O)Oc1cccc2cc3ccccc3cc12)OC(=O)/C=C/C(=O)Oc1cccc2cc3ccccc3cc12. The summed E-state index contributed by atoms with van der Waals surface area (Å²) >= 11 is 0. The molecule has 0 aliphatic rings. The third kappa shape index (κ3) is 8.01. The number of fused-ring (bicyclic) bond motifs is 4. The summed E-state index contributed by atoms with van der Waals surface area (Å²) in [5, 5.41) is 7.00. The van der Waals surface area contributed by atoms with E-state index in [9.17, 15) is 28.8 Å². The molecule has 0 fully saturated rings. The highest BCUT2D eigenvalue weighted by Gasteiger charge is 2.12. The van der Waals surface area contributed by atoms with Crippen LogP contribution in [-0.4, -0.2) is 35.8 Å². The molecule has 0 bridgehead atoms. The molecule has 6 aromatic rings. The highest BCUT2D eigenvalue weighted by atomic mass is 16.6. The summed E-state index contributed by atoms with van der Waals surface area (Å²) in [6.07, 6.45) is 4.02. The molecule has 6 rings (SSSR count). The highest BCUT2D eigenvalue weighted by Crippen LogP contribution is 2.31. The van der Waals surface area contributed by atoms with Crippen LogP contribution in [0.2, 0.25) is 0 Å². The first-order chi connectivity index (χ1) is 24.2. The molecule has 0 spiro atoms. The van der Waals surface area contributed by atoms with E-state index in [2.05, 4.69) is 9.47 Å². The van der Waals surface area contributed by atoms with E-state index in [1.807, 2.05) is 84.9 Å². The average Bonchev–Trinajstić information content (AvgIpc) is 3.11. The van der Waals surface area contributed by atoms with Gasteiger partial charge in [0.1, 0.15) is 11.5 Å². The van der Waals surface area contributed by atoms with E-state index in [4.69, 9.17) is 9.47 Å². The van der Waals surface area contributed by atoms with Gasteiger partial charge in [-0.25, -0.2) is 28.8 Å². The minimum absolute atomic E-state index is 0.272. The second kappa shape index (κ2) is 14.7. The fraction of sp³-hybridized carbons (Fsp3) is 0. The smallest absolute Gasteiger partial charge is 0.338 e. The summed E-state index contributed by atoms with van der Waals surface area (Å²) in [5.74, 6) is -6.23. The van der Waals surface area contributed by atoms with Crippen molar-refractivity contribution in [3.05, 3.63) is 146 Å². The molecule has 0 aliphatic heterocycles. The third-order valence-electron chi connectivity index (χ3n) is 7.30. The quantitative estimate of drug-likeness (QED) is 0.0574. The van der Waals surface area contributed by atoms with Gasteiger partial charge in [-0.05, 0) is 68.7 Å². The number of rotatable bonds is 8. The Balaban J connectivity index is 0.966. The van der Waals surface area contributed by atoms with Crippen LogP contribution in [0.25, 0.3) is 43.1 Å². The van der Waals surface area contributed by atoms with Gasteiger partial charge in [0.05, 0.1) is 0 Å². The molecule has 0 atom stereocenters. The lowest BCUT2D eigenvalue weighted by molar-refractivity contribution is -0.155. The standard InChI is InChI=1S/C40H24O10/c41-35(47-33-13-5-11-29-21-25-7-1-3-9-27(25)23-31(29)33)15-17-37(43)49-39(45)19-20-40(46)50-38(44)18-16-36(42)48-34-14-6-12-30-22-26-8-2-4-10-28(26)24-32(30)34/h1-24H/b17-15+,18-16+,20-19+. The van der Waals surface area contributed by atoms with Crippen molar-refractivity contribution < 1.29 is 47.7 Å². The van der Waals surface area contributed by atoms with E-state index in [0.717, 1.165) is 44.5 Å². The van der Waals surface area contributed by atoms with Crippen molar-refractivity contribution in [2.75, 3.05) is 0 Å². The van der Waals surface area contributed by atoms with Gasteiger partial charge >= 0.3 is 35.8 Å². The first kappa shape index (κ1) is 32.7. The Bertz CT molecular complexity index is 2280. The topological polar surface area (TPSA) is 139 Å². The number of hydrogen-bond acceptors (Lipinski definition) is 10. The Morgan fingerprint density at radius 2 is 0.640 bits per heavy atom. The van der Waals surface area contributed by atoms with Gasteiger partial charge < -0.3 is 18.9 Å². The molecule has 0 aromatic heterocycles. The predicted octanol–water partition coefficient (Wildman–Crippen LogP) is 6.62. The molecule has 0 radical (unpaired) electrons. The van der Waals surface area contributed by atoms with Crippen LogP contribution >= 0.6 is 0 Å². The van der Waals surface area contributed by atoms with Crippen molar-refractivity contribution in [3.63, 3.8) is 0 Å². The van der Waals surface area contributed by atoms with E-state index >= 15 is 0 Å². The van der Waals surface area contributed by atoms with Crippen molar-refractivity contribution in [3.8, 4) is 11.5 Å². The number of ether oxygens (including phenoxy) is 4. The molecule has 0 unspecified atom stereocenters. The van der Waals surface area contributed by atoms with E-state index < -0.39 is 35.8 Å². The van der Waals surface area contributed by atoms with Crippen LogP contribution in [0.4, 0.5) is 0 Å². The van der Waals surface area contributed by atoms with Crippen LogP contribution in [-0.2, 0) is 38.2 Å². The lowest BCUT2D eigenvalue weighted by atomic mass is 10.0. The molecule has 50 heavy (non-hydrogen) atoms. The van der Waals surface area contributed by atoms with E-state index in [0.29, 0.717) is 35.1 Å². The first-order valence-electron chi connectivity index (χ1n) is 15.0. The molecule has 0 aliphatic carbocycles. The van der Waals surface area contributed by atoms with Crippen LogP contribution in [0.3, 0.4) is 0 Å². The summed E-state index contributed by atoms with van der Waals surface area (Å²) in [4.78, 5) is 72.6. The van der Waals surface area contributed by atoms with Crippen LogP contribution in [0.1, 0.15) is 0 Å². The number of carbonyl (C=O) groups is 6. The Kier molecular flexibility index (Phi) is 9.62. The average molecular weight is 665 g/mol. The molecule has 0 N–H and O–H groups in total. The van der Waals surface area contributed by atoms with Gasteiger partial charge in [0, 0.05) is 47.2 Å². The fourth-order valence-electron chi connectivity index (χ4n) is 5.08. The van der Waals surface area contributed by atoms with Gasteiger partial charge in [-0.3, -0.25) is 0 Å². The van der Waals surface area contributed by atoms with Gasteiger partial charge in [-0.2, -0.15) is 0 Å². The second-order valence-corrected chi connectivity index (χ2v) is 10.7. The number of carbonyl (C=O) groups excluding carboxylic acids is 6. The molecular formula is C40H24O10. The van der Waals surface area contributed by atoms with Crippen molar-refractivity contribution >= 4 is 78.9 Å². The molecule has 6 aromatic carbocycles. The highest BCUT2D eigenvalue weighted by molar-refractivity contribution is 6.06. The Morgan fingerprint density at radius 3 is 1.00 bits per heavy atom. The first-order valence-corrected chi connectivity index (χ1v) is 15.0. The zero-order valence-electron chi connectivity index (χ0n) is 25.9. The second-order valence-electron chi connectivity index (χ2n) is 10.7. The zero-order valence-corrected chi connectivity index (χ0v) is 25.9. The maximum absolute atomic E-state index is 12.4. The van der Waals surface area contributed by atoms with Crippen molar-refractivity contribution in [1.29, 1.82) is 0 Å². The molecule has 0 amide bonds. The molecule has 10 heteroatoms. The van der Waals surface area contributed by atoms with Gasteiger partial charge in [0.2, 0.25) is 0 Å². The summed E-state index contributed by atoms with van der Waals surface area (Å²) in [6, 6.07) is 33.5. The number of benzene rings is 6. The number of hydrogen-bond donors (Lipinski definition) is 0. The fourth-order valence-corrected chi connectivity index (χ4v) is 5.08. The van der Waals surface area contributed by atoms with Gasteiger partial charge in [-0.1, -0.05) is 72.8 Å². The molecule has 10 nitrogen and oxygen atoms in total. The monoisotopic (exact) mass is 664 g/mol. The van der Waals surface area contributed by atoms with E-state index in [-0.39, 0.29) is 11.5 Å². The Labute approximate surface area is 283 Å². The normalized spacial score (nSPS) is 11.4. The number of esters is 6. The molecule has 0 heterocycles. The molecular weight excluding hydrogens is 640 g/mol. The lowest BCUT2D eigenvalue weighted by Gasteiger charge is -2.08. The van der Waals surface area contributed by atoms with Crippen LogP contribution < -0.4 is 9.47 Å². The van der Waals surface area contributed by atoms with Crippen LogP contribution in [0.15, 0.2) is 146 Å². The Morgan fingerprint density at radius 1 is 0.340 bits per heavy atom. The minimum atomic E-state index is -1.28. The summed E-state index contributed by atoms with van der Waals surface area (Å²) in [5.41, 5.74) is 0. The third-order valence-corrected chi connectivity index (χ3v) is 7.30. The largest absolute Gasteiger partial charge is 0.423 e. The van der Waals surface area contributed by atoms with Crippen molar-refractivity contribution in [2.24, 2.45) is 0 Å². The van der Waals surface area contributed by atoms with Crippen LogP contribution in [0.5, 0.6) is 11.5 Å². The van der Waals surface area contributed by atoms with Crippen LogP contribution in [0, 0.1) is 0 Å². The van der Waals surface area contributed by atoms with E-state index in [1.165, 1.54) is 0 Å². The maximum atomic E-state index is 12.4. The molecule has 0 saturated carbocycles. The zero-order chi connectivity index (χ0) is 35.0. The predicted molar refractivity (Wildman–Crippen MR) is 184 cm³/mol. The van der Waals surface area contributed by atoms with Gasteiger partial charge in [0.15, 0.2) is 0 Å².